The van der Waals surface area contributed by atoms with Crippen molar-refractivity contribution in [3.05, 3.63) is 56.9 Å². The van der Waals surface area contributed by atoms with Crippen molar-refractivity contribution in [2.24, 2.45) is 5.73 Å². The van der Waals surface area contributed by atoms with Crippen LogP contribution in [-0.2, 0) is 20.4 Å². The summed E-state index contributed by atoms with van der Waals surface area (Å²) in [7, 11) is 0. The van der Waals surface area contributed by atoms with E-state index in [0.717, 1.165) is 0 Å². The molecular formula is C17H13ClF4N2O3. The van der Waals surface area contributed by atoms with Gasteiger partial charge in [0.2, 0.25) is 5.88 Å². The smallest absolute Gasteiger partial charge is 0.417 e. The number of rotatable bonds is 3. The van der Waals surface area contributed by atoms with Crippen LogP contribution in [0.5, 0.6) is 0 Å². The molecular weight excluding hydrogens is 392 g/mol. The maximum absolute atomic E-state index is 14.1. The van der Waals surface area contributed by atoms with Gasteiger partial charge in [-0.05, 0) is 31.5 Å². The molecule has 10 heteroatoms. The van der Waals surface area contributed by atoms with Crippen LogP contribution in [0.25, 0.3) is 0 Å². The van der Waals surface area contributed by atoms with E-state index in [4.69, 9.17) is 26.8 Å². The van der Waals surface area contributed by atoms with Gasteiger partial charge in [0.1, 0.15) is 23.2 Å². The minimum Gasteiger partial charge on any atom is -0.463 e. The number of allylic oxidation sites excluding steroid dienone is 2. The second-order valence-electron chi connectivity index (χ2n) is 5.48. The summed E-state index contributed by atoms with van der Waals surface area (Å²) in [5, 5.41) is 8.26. The molecule has 1 aromatic carbocycles. The number of nitrogens with zero attached hydrogens (tertiary/aromatic N) is 1. The van der Waals surface area contributed by atoms with E-state index in [1.165, 1.54) is 13.8 Å². The maximum atomic E-state index is 14.1. The predicted octanol–water partition coefficient (Wildman–Crippen LogP) is 4.14. The summed E-state index contributed by atoms with van der Waals surface area (Å²) in [6.07, 6.45) is -4.95. The number of carbonyl (C=O) groups excluding carboxylic acids is 1. The van der Waals surface area contributed by atoms with Crippen LogP contribution in [-0.4, -0.2) is 12.6 Å². The SMILES string of the molecule is CCOC(=O)C1=C(C)OC(N)=C(C#N)C1c1cc(F)c(Cl)c(C(F)(F)F)c1. The maximum Gasteiger partial charge on any atom is 0.417 e. The molecule has 5 nitrogen and oxygen atoms in total. The fourth-order valence-corrected chi connectivity index (χ4v) is 2.89. The fourth-order valence-electron chi connectivity index (χ4n) is 2.67. The zero-order chi connectivity index (χ0) is 20.5. The monoisotopic (exact) mass is 404 g/mol. The first kappa shape index (κ1) is 20.6. The summed E-state index contributed by atoms with van der Waals surface area (Å²) in [4.78, 5) is 12.3. The van der Waals surface area contributed by atoms with E-state index >= 15 is 0 Å². The first-order valence-corrected chi connectivity index (χ1v) is 7.92. The zero-order valence-corrected chi connectivity index (χ0v) is 14.8. The van der Waals surface area contributed by atoms with Crippen molar-refractivity contribution < 1.29 is 31.8 Å². The normalized spacial score (nSPS) is 17.5. The summed E-state index contributed by atoms with van der Waals surface area (Å²) in [6, 6.07) is 2.97. The largest absolute Gasteiger partial charge is 0.463 e. The molecule has 0 bridgehead atoms. The third kappa shape index (κ3) is 3.85. The Balaban J connectivity index is 2.78. The molecule has 1 unspecified atom stereocenters. The molecule has 1 heterocycles. The van der Waals surface area contributed by atoms with Crippen LogP contribution in [0.1, 0.15) is 30.9 Å². The van der Waals surface area contributed by atoms with Gasteiger partial charge in [-0.1, -0.05) is 11.6 Å². The van der Waals surface area contributed by atoms with E-state index in [1.54, 1.807) is 6.07 Å². The number of halogens is 5. The topological polar surface area (TPSA) is 85.3 Å². The Morgan fingerprint density at radius 3 is 2.59 bits per heavy atom. The third-order valence-corrected chi connectivity index (χ3v) is 4.17. The molecule has 0 saturated carbocycles. The van der Waals surface area contributed by atoms with Crippen LogP contribution in [0, 0.1) is 17.1 Å². The second kappa shape index (κ2) is 7.48. The van der Waals surface area contributed by atoms with Gasteiger partial charge in [0.05, 0.1) is 28.7 Å². The van der Waals surface area contributed by atoms with Crippen LogP contribution in [0.2, 0.25) is 5.02 Å². The highest BCUT2D eigenvalue weighted by atomic mass is 35.5. The van der Waals surface area contributed by atoms with Crippen molar-refractivity contribution in [1.82, 2.24) is 0 Å². The number of hydrogen-bond donors (Lipinski definition) is 1. The Kier molecular flexibility index (Phi) is 5.70. The molecule has 0 aliphatic carbocycles. The molecule has 0 aromatic heterocycles. The van der Waals surface area contributed by atoms with Crippen molar-refractivity contribution in [3.8, 4) is 6.07 Å². The minimum atomic E-state index is -4.95. The van der Waals surface area contributed by atoms with E-state index in [2.05, 4.69) is 0 Å². The number of carbonyl (C=O) groups is 1. The van der Waals surface area contributed by atoms with E-state index in [0.29, 0.717) is 12.1 Å². The lowest BCUT2D eigenvalue weighted by Gasteiger charge is -2.27. The molecule has 1 aliphatic rings. The molecule has 0 fully saturated rings. The molecule has 1 aromatic rings. The number of alkyl halides is 3. The lowest BCUT2D eigenvalue weighted by Crippen LogP contribution is -2.26. The highest BCUT2D eigenvalue weighted by Gasteiger charge is 2.40. The van der Waals surface area contributed by atoms with Gasteiger partial charge in [0.25, 0.3) is 0 Å². The van der Waals surface area contributed by atoms with Crippen LogP contribution < -0.4 is 5.73 Å². The minimum absolute atomic E-state index is 0.0355. The average molecular weight is 405 g/mol. The molecule has 1 aliphatic heterocycles. The van der Waals surface area contributed by atoms with Crippen molar-refractivity contribution in [1.29, 1.82) is 5.26 Å². The van der Waals surface area contributed by atoms with Gasteiger partial charge in [-0.2, -0.15) is 18.4 Å². The van der Waals surface area contributed by atoms with Crippen LogP contribution in [0.3, 0.4) is 0 Å². The van der Waals surface area contributed by atoms with E-state index < -0.39 is 40.3 Å². The third-order valence-electron chi connectivity index (χ3n) is 3.79. The quantitative estimate of drug-likeness (QED) is 0.604. The van der Waals surface area contributed by atoms with Gasteiger partial charge < -0.3 is 15.2 Å². The number of ether oxygens (including phenoxy) is 2. The second-order valence-corrected chi connectivity index (χ2v) is 5.86. The average Bonchev–Trinajstić information content (AvgIpc) is 2.55. The fraction of sp³-hybridized carbons (Fsp3) is 0.294. The zero-order valence-electron chi connectivity index (χ0n) is 14.1. The lowest BCUT2D eigenvalue weighted by atomic mass is 9.82. The molecule has 2 N–H and O–H groups in total. The van der Waals surface area contributed by atoms with Gasteiger partial charge in [0.15, 0.2) is 0 Å². The first-order valence-electron chi connectivity index (χ1n) is 7.54. The molecule has 0 radical (unpaired) electrons. The summed E-state index contributed by atoms with van der Waals surface area (Å²) in [6.45, 7) is 2.81. The Bertz CT molecular complexity index is 901. The molecule has 144 valence electrons. The van der Waals surface area contributed by atoms with Crippen molar-refractivity contribution in [2.45, 2.75) is 25.9 Å². The highest BCUT2D eigenvalue weighted by molar-refractivity contribution is 6.31. The van der Waals surface area contributed by atoms with Gasteiger partial charge in [-0.25, -0.2) is 9.18 Å². The number of benzene rings is 1. The molecule has 0 amide bonds. The van der Waals surface area contributed by atoms with E-state index in [1.807, 2.05) is 0 Å². The number of nitrogens with two attached hydrogens (primary N) is 1. The summed E-state index contributed by atoms with van der Waals surface area (Å²) in [5.74, 6) is -4.17. The standard InChI is InChI=1S/C17H13ClF4N2O3/c1-3-26-16(25)12-7(2)27-15(24)9(6-23)13(12)8-4-10(17(20,21)22)14(18)11(19)5-8/h4-5,13H,3,24H2,1-2H3. The Hall–Kier alpha value is -2.73. The van der Waals surface area contributed by atoms with Crippen molar-refractivity contribution in [2.75, 3.05) is 6.61 Å². The first-order chi connectivity index (χ1) is 12.5. The van der Waals surface area contributed by atoms with Crippen molar-refractivity contribution >= 4 is 17.6 Å². The highest BCUT2D eigenvalue weighted by Crippen LogP contribution is 2.43. The van der Waals surface area contributed by atoms with Gasteiger partial charge in [-0.3, -0.25) is 0 Å². The van der Waals surface area contributed by atoms with E-state index in [-0.39, 0.29) is 29.1 Å². The van der Waals surface area contributed by atoms with Gasteiger partial charge >= 0.3 is 12.1 Å². The molecule has 0 saturated heterocycles. The molecule has 2 rings (SSSR count). The van der Waals surface area contributed by atoms with Gasteiger partial charge in [-0.15, -0.1) is 0 Å². The number of nitriles is 1. The predicted molar refractivity (Wildman–Crippen MR) is 86.4 cm³/mol. The van der Waals surface area contributed by atoms with E-state index in [9.17, 15) is 27.6 Å². The Labute approximate surface area is 156 Å². The summed E-state index contributed by atoms with van der Waals surface area (Å²) < 4.78 is 63.7. The number of esters is 1. The van der Waals surface area contributed by atoms with Gasteiger partial charge in [0, 0.05) is 0 Å². The molecule has 0 spiro atoms. The summed E-state index contributed by atoms with van der Waals surface area (Å²) >= 11 is 5.44. The summed E-state index contributed by atoms with van der Waals surface area (Å²) in [5.41, 5.74) is 3.26. The van der Waals surface area contributed by atoms with Crippen LogP contribution in [0.15, 0.2) is 34.9 Å². The Morgan fingerprint density at radius 1 is 1.44 bits per heavy atom. The van der Waals surface area contributed by atoms with Crippen LogP contribution >= 0.6 is 11.6 Å². The molecule has 1 atom stereocenters. The Morgan fingerprint density at radius 2 is 2.07 bits per heavy atom. The number of hydrogen-bond acceptors (Lipinski definition) is 5. The van der Waals surface area contributed by atoms with Crippen LogP contribution in [0.4, 0.5) is 17.6 Å². The lowest BCUT2D eigenvalue weighted by molar-refractivity contribution is -0.139. The van der Waals surface area contributed by atoms with Crippen molar-refractivity contribution in [3.63, 3.8) is 0 Å². The molecule has 27 heavy (non-hydrogen) atoms.